The smallest absolute Gasteiger partial charge is 0.333 e. The lowest BCUT2D eigenvalue weighted by Gasteiger charge is -2.26. The van der Waals surface area contributed by atoms with Gasteiger partial charge in [0, 0.05) is 18.7 Å². The molecule has 1 aromatic carbocycles. The van der Waals surface area contributed by atoms with Crippen LogP contribution in [0.3, 0.4) is 0 Å². The Bertz CT molecular complexity index is 479. The molecular formula is C13H15NO3. The van der Waals surface area contributed by atoms with E-state index in [1.165, 1.54) is 0 Å². The summed E-state index contributed by atoms with van der Waals surface area (Å²) in [5.41, 5.74) is 1.76. The van der Waals surface area contributed by atoms with Crippen LogP contribution in [-0.4, -0.2) is 41.2 Å². The van der Waals surface area contributed by atoms with Gasteiger partial charge in [-0.05, 0) is 25.1 Å². The number of carbonyl (C=O) groups is 1. The molecule has 0 aromatic heterocycles. The van der Waals surface area contributed by atoms with Crippen molar-refractivity contribution in [2.75, 3.05) is 20.1 Å². The van der Waals surface area contributed by atoms with E-state index in [-0.39, 0.29) is 5.75 Å². The summed E-state index contributed by atoms with van der Waals surface area (Å²) in [5.74, 6) is -0.763. The molecule has 0 bridgehead atoms. The maximum Gasteiger partial charge on any atom is 0.333 e. The lowest BCUT2D eigenvalue weighted by molar-refractivity contribution is -0.132. The topological polar surface area (TPSA) is 60.8 Å². The molecule has 0 aliphatic carbocycles. The first kappa shape index (κ1) is 11.7. The number of nitrogens with zero attached hydrogens (tertiary/aromatic N) is 1. The summed E-state index contributed by atoms with van der Waals surface area (Å²) in [6.45, 7) is 1.22. The van der Waals surface area contributed by atoms with Gasteiger partial charge in [0.25, 0.3) is 0 Å². The molecule has 1 heterocycles. The number of likely N-dealkylation sites (N-methyl/N-ethyl adjacent to an activating group) is 1. The van der Waals surface area contributed by atoms with Crippen LogP contribution < -0.4 is 0 Å². The number of para-hydroxylation sites is 1. The Hall–Kier alpha value is -1.81. The maximum absolute atomic E-state index is 11.2. The highest BCUT2D eigenvalue weighted by Crippen LogP contribution is 2.32. The van der Waals surface area contributed by atoms with Crippen LogP contribution in [0, 0.1) is 0 Å². The number of carboxylic acids is 1. The van der Waals surface area contributed by atoms with Crippen molar-refractivity contribution < 1.29 is 15.0 Å². The summed E-state index contributed by atoms with van der Waals surface area (Å²) in [4.78, 5) is 13.2. The van der Waals surface area contributed by atoms with Gasteiger partial charge < -0.3 is 15.1 Å². The Morgan fingerprint density at radius 2 is 2.06 bits per heavy atom. The van der Waals surface area contributed by atoms with Crippen molar-refractivity contribution in [3.63, 3.8) is 0 Å². The molecule has 4 nitrogen and oxygen atoms in total. The van der Waals surface area contributed by atoms with Crippen LogP contribution in [0.15, 0.2) is 29.8 Å². The van der Waals surface area contributed by atoms with Gasteiger partial charge in [0.05, 0.1) is 5.57 Å². The van der Waals surface area contributed by atoms with E-state index in [1.54, 1.807) is 24.3 Å². The third kappa shape index (κ3) is 2.31. The molecule has 1 aliphatic heterocycles. The summed E-state index contributed by atoms with van der Waals surface area (Å²) in [6.07, 6.45) is 0.649. The van der Waals surface area contributed by atoms with Gasteiger partial charge in [-0.25, -0.2) is 4.79 Å². The van der Waals surface area contributed by atoms with Gasteiger partial charge in [-0.2, -0.15) is 0 Å². The third-order valence-corrected chi connectivity index (χ3v) is 3.02. The minimum absolute atomic E-state index is 0.144. The molecule has 0 saturated carbocycles. The molecule has 0 spiro atoms. The fourth-order valence-corrected chi connectivity index (χ4v) is 2.12. The van der Waals surface area contributed by atoms with E-state index >= 15 is 0 Å². The van der Waals surface area contributed by atoms with Crippen LogP contribution in [-0.2, 0) is 4.79 Å². The molecule has 90 valence electrons. The number of phenolic OH excluding ortho intramolecular Hbond substituents is 1. The molecule has 0 saturated heterocycles. The normalized spacial score (nSPS) is 17.2. The highest BCUT2D eigenvalue weighted by molar-refractivity contribution is 5.98. The first-order valence-corrected chi connectivity index (χ1v) is 5.52. The van der Waals surface area contributed by atoms with Crippen molar-refractivity contribution in [2.24, 2.45) is 0 Å². The van der Waals surface area contributed by atoms with E-state index in [1.807, 2.05) is 11.9 Å². The Kier molecular flexibility index (Phi) is 3.15. The zero-order valence-corrected chi connectivity index (χ0v) is 9.68. The van der Waals surface area contributed by atoms with Gasteiger partial charge in [-0.1, -0.05) is 18.2 Å². The Balaban J connectivity index is 2.51. The number of aliphatic carboxylic acids is 1. The van der Waals surface area contributed by atoms with E-state index in [0.717, 1.165) is 12.1 Å². The molecule has 1 aromatic rings. The molecule has 17 heavy (non-hydrogen) atoms. The van der Waals surface area contributed by atoms with Crippen molar-refractivity contribution in [3.05, 3.63) is 35.4 Å². The summed E-state index contributed by atoms with van der Waals surface area (Å²) < 4.78 is 0. The van der Waals surface area contributed by atoms with E-state index in [2.05, 4.69) is 0 Å². The second kappa shape index (κ2) is 4.59. The molecule has 1 aliphatic rings. The third-order valence-electron chi connectivity index (χ3n) is 3.02. The average Bonchev–Trinajstić information content (AvgIpc) is 2.30. The minimum Gasteiger partial charge on any atom is -0.507 e. The van der Waals surface area contributed by atoms with Gasteiger partial charge in [0.15, 0.2) is 0 Å². The summed E-state index contributed by atoms with van der Waals surface area (Å²) in [5, 5.41) is 19.0. The lowest BCUT2D eigenvalue weighted by atomic mass is 9.93. The average molecular weight is 233 g/mol. The second-order valence-corrected chi connectivity index (χ2v) is 4.27. The van der Waals surface area contributed by atoms with Crippen LogP contribution in [0.2, 0.25) is 0 Å². The zero-order chi connectivity index (χ0) is 12.4. The van der Waals surface area contributed by atoms with E-state index in [4.69, 9.17) is 0 Å². The van der Waals surface area contributed by atoms with Gasteiger partial charge in [0.2, 0.25) is 0 Å². The molecule has 2 rings (SSSR count). The number of hydrogen-bond donors (Lipinski definition) is 2. The standard InChI is InChI=1S/C13H15NO3/c1-14-7-6-9(11(8-14)13(16)17)10-4-2-3-5-12(10)15/h2-5,15H,6-8H2,1H3,(H,16,17). The van der Waals surface area contributed by atoms with Crippen molar-refractivity contribution in [1.29, 1.82) is 0 Å². The lowest BCUT2D eigenvalue weighted by Crippen LogP contribution is -2.30. The molecule has 0 fully saturated rings. The van der Waals surface area contributed by atoms with Crippen molar-refractivity contribution in [1.82, 2.24) is 4.90 Å². The van der Waals surface area contributed by atoms with Crippen LogP contribution in [0.5, 0.6) is 5.75 Å². The van der Waals surface area contributed by atoms with Crippen LogP contribution in [0.1, 0.15) is 12.0 Å². The van der Waals surface area contributed by atoms with Crippen LogP contribution >= 0.6 is 0 Å². The van der Waals surface area contributed by atoms with Crippen molar-refractivity contribution in [2.45, 2.75) is 6.42 Å². The zero-order valence-electron chi connectivity index (χ0n) is 9.68. The highest BCUT2D eigenvalue weighted by Gasteiger charge is 2.23. The molecule has 0 unspecified atom stereocenters. The molecular weight excluding hydrogens is 218 g/mol. The summed E-state index contributed by atoms with van der Waals surface area (Å²) in [7, 11) is 1.89. The number of rotatable bonds is 2. The van der Waals surface area contributed by atoms with Crippen molar-refractivity contribution in [3.8, 4) is 5.75 Å². The number of phenols is 1. The van der Waals surface area contributed by atoms with Gasteiger partial charge in [-0.3, -0.25) is 0 Å². The summed E-state index contributed by atoms with van der Waals surface area (Å²) in [6, 6.07) is 6.88. The number of hydrogen-bond acceptors (Lipinski definition) is 3. The summed E-state index contributed by atoms with van der Waals surface area (Å²) >= 11 is 0. The van der Waals surface area contributed by atoms with E-state index in [0.29, 0.717) is 24.1 Å². The fourth-order valence-electron chi connectivity index (χ4n) is 2.12. The van der Waals surface area contributed by atoms with E-state index in [9.17, 15) is 15.0 Å². The quantitative estimate of drug-likeness (QED) is 0.814. The number of benzene rings is 1. The first-order chi connectivity index (χ1) is 8.09. The molecule has 0 atom stereocenters. The Morgan fingerprint density at radius 1 is 1.35 bits per heavy atom. The molecule has 0 amide bonds. The Labute approximate surface area is 99.8 Å². The van der Waals surface area contributed by atoms with E-state index < -0.39 is 5.97 Å². The predicted molar refractivity (Wildman–Crippen MR) is 64.8 cm³/mol. The second-order valence-electron chi connectivity index (χ2n) is 4.27. The minimum atomic E-state index is -0.908. The molecule has 2 N–H and O–H groups in total. The maximum atomic E-state index is 11.2. The van der Waals surface area contributed by atoms with Gasteiger partial charge in [-0.15, -0.1) is 0 Å². The molecule has 0 radical (unpaired) electrons. The monoisotopic (exact) mass is 233 g/mol. The highest BCUT2D eigenvalue weighted by atomic mass is 16.4. The van der Waals surface area contributed by atoms with Crippen LogP contribution in [0.25, 0.3) is 5.57 Å². The van der Waals surface area contributed by atoms with Crippen LogP contribution in [0.4, 0.5) is 0 Å². The SMILES string of the molecule is CN1CCC(c2ccccc2O)=C(C(=O)O)C1. The fraction of sp³-hybridized carbons (Fsp3) is 0.308. The molecule has 4 heteroatoms. The predicted octanol–water partition coefficient (Wildman–Crippen LogP) is 1.57. The van der Waals surface area contributed by atoms with Gasteiger partial charge in [0.1, 0.15) is 5.75 Å². The Morgan fingerprint density at radius 3 is 2.71 bits per heavy atom. The number of carboxylic acid groups (broad SMARTS) is 1. The van der Waals surface area contributed by atoms with Crippen molar-refractivity contribution >= 4 is 11.5 Å². The number of aromatic hydroxyl groups is 1. The first-order valence-electron chi connectivity index (χ1n) is 5.52. The largest absolute Gasteiger partial charge is 0.507 e. The van der Waals surface area contributed by atoms with Gasteiger partial charge >= 0.3 is 5.97 Å².